The molecule has 2 aliphatic carbocycles. The molecule has 0 spiro atoms. The molecule has 38 heavy (non-hydrogen) atoms. The summed E-state index contributed by atoms with van der Waals surface area (Å²) in [6.45, 7) is 1.77. The summed E-state index contributed by atoms with van der Waals surface area (Å²) in [5.41, 5.74) is 0. The molecule has 3 fully saturated rings. The Balaban J connectivity index is 1.42. The van der Waals surface area contributed by atoms with Gasteiger partial charge < -0.3 is 25.4 Å². The third-order valence-corrected chi connectivity index (χ3v) is 9.08. The number of ether oxygens (including phenoxy) is 2. The number of nitrogens with one attached hydrogen (secondary N) is 3. The number of aliphatic imine (C=N–C) groups is 1. The van der Waals surface area contributed by atoms with Crippen LogP contribution in [0.2, 0.25) is 0 Å². The summed E-state index contributed by atoms with van der Waals surface area (Å²) in [6, 6.07) is -0.670. The highest BCUT2D eigenvalue weighted by Crippen LogP contribution is 2.45. The minimum atomic E-state index is -4.46. The zero-order valence-electron chi connectivity index (χ0n) is 22.6. The maximum atomic E-state index is 14.0. The highest BCUT2D eigenvalue weighted by atomic mass is 19.4. The van der Waals surface area contributed by atoms with Gasteiger partial charge in [0.25, 0.3) is 0 Å². The molecule has 0 bridgehead atoms. The first-order valence-electron chi connectivity index (χ1n) is 14.2. The zero-order chi connectivity index (χ0) is 27.3. The summed E-state index contributed by atoms with van der Waals surface area (Å²) in [5, 5.41) is 9.86. The second-order valence-electron chi connectivity index (χ2n) is 11.7. The van der Waals surface area contributed by atoms with Gasteiger partial charge in [-0.3, -0.25) is 9.79 Å². The van der Waals surface area contributed by atoms with Crippen molar-refractivity contribution in [1.82, 2.24) is 16.0 Å². The molecule has 11 heteroatoms. The molecule has 0 aromatic carbocycles. The number of nitrogens with zero attached hydrogens (tertiary/aromatic N) is 1. The monoisotopic (exact) mass is 548 g/mol. The van der Waals surface area contributed by atoms with E-state index in [-0.39, 0.29) is 42.9 Å². The molecule has 1 saturated heterocycles. The molecule has 8 atom stereocenters. The third kappa shape index (κ3) is 7.81. The summed E-state index contributed by atoms with van der Waals surface area (Å²) in [6.07, 6.45) is -0.718. The number of piperidine rings is 1. The second kappa shape index (κ2) is 13.3. The first-order chi connectivity index (χ1) is 18.2. The van der Waals surface area contributed by atoms with Crippen molar-refractivity contribution >= 4 is 11.7 Å². The van der Waals surface area contributed by atoms with E-state index in [1.165, 1.54) is 0 Å². The molecule has 2 heterocycles. The number of carbonyl (C=O) groups is 1. The van der Waals surface area contributed by atoms with Crippen LogP contribution in [0.4, 0.5) is 17.6 Å². The van der Waals surface area contributed by atoms with Gasteiger partial charge >= 0.3 is 6.18 Å². The van der Waals surface area contributed by atoms with Crippen molar-refractivity contribution in [3.05, 3.63) is 0 Å². The van der Waals surface area contributed by atoms with E-state index in [2.05, 4.69) is 20.9 Å². The molecule has 218 valence electrons. The van der Waals surface area contributed by atoms with Crippen LogP contribution in [0, 0.1) is 23.7 Å². The Labute approximate surface area is 223 Å². The lowest BCUT2D eigenvalue weighted by atomic mass is 9.70. The molecule has 7 nitrogen and oxygen atoms in total. The van der Waals surface area contributed by atoms with Gasteiger partial charge in [0.1, 0.15) is 6.17 Å². The number of rotatable bonds is 8. The molecular formula is C27H44F4N4O3. The van der Waals surface area contributed by atoms with Crippen LogP contribution in [0.5, 0.6) is 0 Å². The first-order valence-corrected chi connectivity index (χ1v) is 14.2. The van der Waals surface area contributed by atoms with E-state index in [9.17, 15) is 22.4 Å². The lowest BCUT2D eigenvalue weighted by Crippen LogP contribution is -2.58. The smallest absolute Gasteiger partial charge is 0.381 e. The summed E-state index contributed by atoms with van der Waals surface area (Å²) >= 11 is 0. The van der Waals surface area contributed by atoms with Gasteiger partial charge in [0.2, 0.25) is 5.91 Å². The topological polar surface area (TPSA) is 84.0 Å². The number of alkyl halides is 4. The lowest BCUT2D eigenvalue weighted by molar-refractivity contribution is -0.206. The molecule has 3 N–H and O–H groups in total. The maximum absolute atomic E-state index is 14.0. The number of carbonyl (C=O) groups excluding carboxylic acids is 1. The summed E-state index contributed by atoms with van der Waals surface area (Å²) in [7, 11) is 3.37. The van der Waals surface area contributed by atoms with Crippen LogP contribution in [0.25, 0.3) is 0 Å². The predicted octanol–water partition coefficient (Wildman–Crippen LogP) is 3.77. The van der Waals surface area contributed by atoms with Crippen LogP contribution in [-0.2, 0) is 14.3 Å². The Morgan fingerprint density at radius 3 is 2.39 bits per heavy atom. The van der Waals surface area contributed by atoms with Gasteiger partial charge in [0, 0.05) is 58.3 Å². The zero-order valence-corrected chi connectivity index (χ0v) is 22.6. The standard InChI is InChI=1S/C27H44F4N4O3/c1-37-20-8-16(9-21(13-20)38-2)14-34-26(36)17-10-19(15-33-25-4-3-7-32-25)35-24(11-17)22-6-5-18(28)12-23(22)27(29,30)31/h16-24,35H,3-15H2,1-2H3,(H,32,33)(H,34,36). The molecule has 4 aliphatic rings. The number of halogens is 4. The number of hydrogen-bond acceptors (Lipinski definition) is 6. The Bertz CT molecular complexity index is 802. The number of amidine groups is 1. The Morgan fingerprint density at radius 1 is 1.03 bits per heavy atom. The van der Waals surface area contributed by atoms with Gasteiger partial charge in [-0.1, -0.05) is 0 Å². The van der Waals surface area contributed by atoms with Crippen molar-refractivity contribution in [2.75, 3.05) is 33.9 Å². The average molecular weight is 549 g/mol. The van der Waals surface area contributed by atoms with Crippen LogP contribution >= 0.6 is 0 Å². The molecule has 1 amide bonds. The van der Waals surface area contributed by atoms with Crippen LogP contribution in [0.15, 0.2) is 4.99 Å². The summed E-state index contributed by atoms with van der Waals surface area (Å²) in [5.74, 6) is -1.83. The highest BCUT2D eigenvalue weighted by molar-refractivity contribution is 5.83. The lowest BCUT2D eigenvalue weighted by Gasteiger charge is -2.45. The fourth-order valence-corrected chi connectivity index (χ4v) is 7.03. The fourth-order valence-electron chi connectivity index (χ4n) is 7.03. The molecule has 0 aromatic heterocycles. The van der Waals surface area contributed by atoms with Crippen LogP contribution in [0.1, 0.15) is 64.2 Å². The van der Waals surface area contributed by atoms with Crippen molar-refractivity contribution in [1.29, 1.82) is 0 Å². The summed E-state index contributed by atoms with van der Waals surface area (Å²) < 4.78 is 67.0. The fraction of sp³-hybridized carbons (Fsp3) is 0.926. The number of amides is 1. The molecule has 4 rings (SSSR count). The van der Waals surface area contributed by atoms with E-state index >= 15 is 0 Å². The van der Waals surface area contributed by atoms with Crippen molar-refractivity contribution in [3.8, 4) is 0 Å². The van der Waals surface area contributed by atoms with Gasteiger partial charge in [0.15, 0.2) is 0 Å². The average Bonchev–Trinajstić information content (AvgIpc) is 3.43. The van der Waals surface area contributed by atoms with Gasteiger partial charge in [-0.25, -0.2) is 4.39 Å². The summed E-state index contributed by atoms with van der Waals surface area (Å²) in [4.78, 5) is 17.8. The van der Waals surface area contributed by atoms with E-state index < -0.39 is 42.6 Å². The molecule has 0 aromatic rings. The SMILES string of the molecule is COC1CC(CNC(=O)C2CC(CNC3=NCCC3)NC(C3CCC(F)CC3C(F)(F)F)C2)CC(OC)C1. The first kappa shape index (κ1) is 29.5. The van der Waals surface area contributed by atoms with Gasteiger partial charge in [-0.15, -0.1) is 0 Å². The Kier molecular flexibility index (Phi) is 10.3. The highest BCUT2D eigenvalue weighted by Gasteiger charge is 2.51. The molecule has 8 unspecified atom stereocenters. The minimum absolute atomic E-state index is 0.0813. The van der Waals surface area contributed by atoms with Crippen LogP contribution in [-0.4, -0.2) is 82.2 Å². The second-order valence-corrected chi connectivity index (χ2v) is 11.7. The quantitative estimate of drug-likeness (QED) is 0.403. The van der Waals surface area contributed by atoms with Gasteiger partial charge in [0.05, 0.1) is 24.0 Å². The molecule has 0 radical (unpaired) electrons. The largest absolute Gasteiger partial charge is 0.392 e. The normalized spacial score (nSPS) is 38.5. The predicted molar refractivity (Wildman–Crippen MR) is 137 cm³/mol. The number of hydrogen-bond donors (Lipinski definition) is 3. The molecular weight excluding hydrogens is 504 g/mol. The maximum Gasteiger partial charge on any atom is 0.392 e. The van der Waals surface area contributed by atoms with E-state index in [1.807, 2.05) is 0 Å². The molecule has 2 saturated carbocycles. The van der Waals surface area contributed by atoms with Crippen molar-refractivity contribution in [3.63, 3.8) is 0 Å². The van der Waals surface area contributed by atoms with E-state index in [4.69, 9.17) is 9.47 Å². The van der Waals surface area contributed by atoms with Crippen LogP contribution in [0.3, 0.4) is 0 Å². The van der Waals surface area contributed by atoms with Crippen molar-refractivity contribution in [2.45, 2.75) is 101 Å². The minimum Gasteiger partial charge on any atom is -0.381 e. The Morgan fingerprint density at radius 2 is 1.76 bits per heavy atom. The van der Waals surface area contributed by atoms with E-state index in [0.29, 0.717) is 25.9 Å². The van der Waals surface area contributed by atoms with Gasteiger partial charge in [-0.05, 0) is 69.6 Å². The molecule has 2 aliphatic heterocycles. The van der Waals surface area contributed by atoms with Crippen molar-refractivity contribution in [2.24, 2.45) is 28.7 Å². The Hall–Kier alpha value is -1.46. The van der Waals surface area contributed by atoms with E-state index in [0.717, 1.165) is 44.5 Å². The van der Waals surface area contributed by atoms with E-state index in [1.54, 1.807) is 14.2 Å². The van der Waals surface area contributed by atoms with Crippen LogP contribution < -0.4 is 16.0 Å². The number of methoxy groups -OCH3 is 2. The van der Waals surface area contributed by atoms with Crippen molar-refractivity contribution < 1.29 is 31.8 Å². The third-order valence-electron chi connectivity index (χ3n) is 9.08. The van der Waals surface area contributed by atoms with Gasteiger partial charge in [-0.2, -0.15) is 13.2 Å².